The highest BCUT2D eigenvalue weighted by Crippen LogP contribution is 2.17. The molecule has 1 aromatic rings. The number of hydrogen-bond donors (Lipinski definition) is 5. The van der Waals surface area contributed by atoms with Crippen molar-refractivity contribution in [1.82, 2.24) is 14.7 Å². The molecule has 0 spiro atoms. The standard InChI is InChI=1S/C24H35N3O10/c1-16(2)18-5-3-17(4-6-18)9-19(27(14-23(34)35)15-24(36)37)10-25(11-20(28)29)7-8-26(12-21(30)31)13-22(32)33/h3-6,16,19H,7-15H2,1-2H3,(H,28,29)(H,30,31)(H,32,33)(H,34,35)(H,36,37). The molecule has 0 aromatic heterocycles. The molecule has 0 saturated heterocycles. The van der Waals surface area contributed by atoms with E-state index < -0.39 is 68.6 Å². The highest BCUT2D eigenvalue weighted by molar-refractivity contribution is 5.73. The van der Waals surface area contributed by atoms with Crippen LogP contribution >= 0.6 is 0 Å². The van der Waals surface area contributed by atoms with Crippen molar-refractivity contribution in [1.29, 1.82) is 0 Å². The largest absolute Gasteiger partial charge is 0.480 e. The lowest BCUT2D eigenvalue weighted by Gasteiger charge is -2.34. The quantitative estimate of drug-likeness (QED) is 0.163. The van der Waals surface area contributed by atoms with Crippen LogP contribution in [0.2, 0.25) is 0 Å². The molecule has 1 aromatic carbocycles. The minimum atomic E-state index is -1.25. The lowest BCUT2D eigenvalue weighted by atomic mass is 9.98. The molecule has 37 heavy (non-hydrogen) atoms. The summed E-state index contributed by atoms with van der Waals surface area (Å²) in [5, 5.41) is 46.3. The van der Waals surface area contributed by atoms with Gasteiger partial charge >= 0.3 is 29.8 Å². The summed E-state index contributed by atoms with van der Waals surface area (Å²) in [6, 6.07) is 6.82. The molecule has 0 aliphatic heterocycles. The fourth-order valence-electron chi connectivity index (χ4n) is 3.89. The predicted molar refractivity (Wildman–Crippen MR) is 131 cm³/mol. The average Bonchev–Trinajstić information content (AvgIpc) is 2.75. The molecule has 5 N–H and O–H groups in total. The van der Waals surface area contributed by atoms with Gasteiger partial charge in [-0.1, -0.05) is 38.1 Å². The predicted octanol–water partition coefficient (Wildman–Crippen LogP) is 0.0501. The zero-order valence-electron chi connectivity index (χ0n) is 20.9. The third-order valence-electron chi connectivity index (χ3n) is 5.59. The molecule has 0 aliphatic carbocycles. The summed E-state index contributed by atoms with van der Waals surface area (Å²) in [4.78, 5) is 60.5. The topological polar surface area (TPSA) is 196 Å². The van der Waals surface area contributed by atoms with Crippen molar-refractivity contribution in [3.63, 3.8) is 0 Å². The zero-order valence-corrected chi connectivity index (χ0v) is 20.9. The van der Waals surface area contributed by atoms with Gasteiger partial charge in [0.25, 0.3) is 0 Å². The van der Waals surface area contributed by atoms with Crippen LogP contribution in [0.5, 0.6) is 0 Å². The Morgan fingerprint density at radius 3 is 1.46 bits per heavy atom. The van der Waals surface area contributed by atoms with Gasteiger partial charge in [-0.15, -0.1) is 0 Å². The summed E-state index contributed by atoms with van der Waals surface area (Å²) in [7, 11) is 0. The van der Waals surface area contributed by atoms with E-state index in [2.05, 4.69) is 0 Å². The number of carboxylic acid groups (broad SMARTS) is 5. The molecule has 0 fully saturated rings. The first-order valence-electron chi connectivity index (χ1n) is 11.6. The van der Waals surface area contributed by atoms with Crippen LogP contribution in [-0.2, 0) is 30.4 Å². The van der Waals surface area contributed by atoms with E-state index in [0.717, 1.165) is 16.0 Å². The van der Waals surface area contributed by atoms with Crippen molar-refractivity contribution in [3.05, 3.63) is 35.4 Å². The van der Waals surface area contributed by atoms with Crippen LogP contribution in [0.3, 0.4) is 0 Å². The molecular formula is C24H35N3O10. The first-order chi connectivity index (χ1) is 17.3. The highest BCUT2D eigenvalue weighted by atomic mass is 16.4. The molecule has 0 amide bonds. The second kappa shape index (κ2) is 15.5. The monoisotopic (exact) mass is 525 g/mol. The number of nitrogens with zero attached hydrogens (tertiary/aromatic N) is 3. The van der Waals surface area contributed by atoms with Crippen LogP contribution in [0.1, 0.15) is 30.9 Å². The van der Waals surface area contributed by atoms with E-state index in [9.17, 15) is 39.3 Å². The Morgan fingerprint density at radius 1 is 0.649 bits per heavy atom. The Morgan fingerprint density at radius 2 is 1.05 bits per heavy atom. The van der Waals surface area contributed by atoms with Gasteiger partial charge in [0.2, 0.25) is 0 Å². The Kier molecular flexibility index (Phi) is 13.2. The zero-order chi connectivity index (χ0) is 28.1. The van der Waals surface area contributed by atoms with E-state index in [-0.39, 0.29) is 32.0 Å². The maximum Gasteiger partial charge on any atom is 0.317 e. The molecule has 1 rings (SSSR count). The van der Waals surface area contributed by atoms with Crippen LogP contribution in [0, 0.1) is 0 Å². The van der Waals surface area contributed by atoms with Gasteiger partial charge in [0, 0.05) is 25.7 Å². The minimum absolute atomic E-state index is 0.0381. The number of benzene rings is 1. The molecular weight excluding hydrogens is 490 g/mol. The lowest BCUT2D eigenvalue weighted by molar-refractivity contribution is -0.144. The van der Waals surface area contributed by atoms with Crippen LogP contribution in [0.4, 0.5) is 0 Å². The molecule has 13 nitrogen and oxygen atoms in total. The minimum Gasteiger partial charge on any atom is -0.480 e. The second-order valence-corrected chi connectivity index (χ2v) is 9.07. The fraction of sp³-hybridized carbons (Fsp3) is 0.542. The van der Waals surface area contributed by atoms with Crippen molar-refractivity contribution >= 4 is 29.8 Å². The van der Waals surface area contributed by atoms with Crippen molar-refractivity contribution in [3.8, 4) is 0 Å². The molecule has 0 aliphatic rings. The summed E-state index contributed by atoms with van der Waals surface area (Å²) >= 11 is 0. The van der Waals surface area contributed by atoms with Crippen molar-refractivity contribution in [2.24, 2.45) is 0 Å². The van der Waals surface area contributed by atoms with Crippen LogP contribution in [0.25, 0.3) is 0 Å². The third kappa shape index (κ3) is 13.4. The Bertz CT molecular complexity index is 903. The van der Waals surface area contributed by atoms with E-state index in [1.807, 2.05) is 38.1 Å². The number of hydrogen-bond acceptors (Lipinski definition) is 8. The van der Waals surface area contributed by atoms with Gasteiger partial charge in [-0.25, -0.2) is 0 Å². The molecule has 1 atom stereocenters. The maximum absolute atomic E-state index is 11.5. The molecule has 0 radical (unpaired) electrons. The fourth-order valence-corrected chi connectivity index (χ4v) is 3.89. The SMILES string of the molecule is CC(C)c1ccc(CC(CN(CCN(CC(=O)O)CC(=O)O)CC(=O)O)N(CC(=O)O)CC(=O)O)cc1. The summed E-state index contributed by atoms with van der Waals surface area (Å²) in [5.41, 5.74) is 1.88. The molecule has 1 unspecified atom stereocenters. The van der Waals surface area contributed by atoms with E-state index in [1.54, 1.807) is 0 Å². The summed E-state index contributed by atoms with van der Waals surface area (Å²) < 4.78 is 0. The summed E-state index contributed by atoms with van der Waals surface area (Å²) in [5.74, 6) is -5.91. The highest BCUT2D eigenvalue weighted by Gasteiger charge is 2.27. The van der Waals surface area contributed by atoms with Crippen LogP contribution in [-0.4, -0.2) is 128 Å². The van der Waals surface area contributed by atoms with E-state index in [1.165, 1.54) is 9.80 Å². The van der Waals surface area contributed by atoms with E-state index >= 15 is 0 Å². The van der Waals surface area contributed by atoms with E-state index in [4.69, 9.17) is 10.2 Å². The normalized spacial score (nSPS) is 12.3. The van der Waals surface area contributed by atoms with Gasteiger partial charge in [0.1, 0.15) is 0 Å². The lowest BCUT2D eigenvalue weighted by Crippen LogP contribution is -2.51. The Hall–Kier alpha value is -3.55. The summed E-state index contributed by atoms with van der Waals surface area (Å²) in [6.07, 6.45) is 0.225. The molecule has 13 heteroatoms. The number of rotatable bonds is 19. The first-order valence-corrected chi connectivity index (χ1v) is 11.6. The molecule has 0 saturated carbocycles. The van der Waals surface area contributed by atoms with Crippen LogP contribution in [0.15, 0.2) is 24.3 Å². The smallest absolute Gasteiger partial charge is 0.317 e. The Balaban J connectivity index is 3.23. The van der Waals surface area contributed by atoms with Gasteiger partial charge in [0.05, 0.1) is 32.7 Å². The first kappa shape index (κ1) is 31.5. The van der Waals surface area contributed by atoms with Crippen molar-refractivity contribution < 1.29 is 49.5 Å². The van der Waals surface area contributed by atoms with E-state index in [0.29, 0.717) is 0 Å². The van der Waals surface area contributed by atoms with Gasteiger partial charge in [-0.3, -0.25) is 38.7 Å². The van der Waals surface area contributed by atoms with Gasteiger partial charge in [-0.05, 0) is 23.5 Å². The number of aliphatic carboxylic acids is 5. The third-order valence-corrected chi connectivity index (χ3v) is 5.59. The van der Waals surface area contributed by atoms with Gasteiger partial charge in [0.15, 0.2) is 0 Å². The van der Waals surface area contributed by atoms with Gasteiger partial charge < -0.3 is 25.5 Å². The number of carboxylic acids is 5. The molecule has 206 valence electrons. The van der Waals surface area contributed by atoms with Crippen molar-refractivity contribution in [2.45, 2.75) is 32.2 Å². The molecule has 0 bridgehead atoms. The Labute approximate surface area is 214 Å². The second-order valence-electron chi connectivity index (χ2n) is 9.07. The average molecular weight is 526 g/mol. The summed E-state index contributed by atoms with van der Waals surface area (Å²) in [6.45, 7) is 1.08. The van der Waals surface area contributed by atoms with Crippen molar-refractivity contribution in [2.75, 3.05) is 52.4 Å². The number of carbonyl (C=O) groups is 5. The van der Waals surface area contributed by atoms with Gasteiger partial charge in [-0.2, -0.15) is 0 Å². The molecule has 0 heterocycles. The maximum atomic E-state index is 11.5. The van der Waals surface area contributed by atoms with Crippen LogP contribution < -0.4 is 0 Å².